The summed E-state index contributed by atoms with van der Waals surface area (Å²) < 4.78 is 0. The van der Waals surface area contributed by atoms with E-state index < -0.39 is 6.04 Å². The van der Waals surface area contributed by atoms with Crippen molar-refractivity contribution in [2.24, 2.45) is 5.73 Å². The first-order valence-electron chi connectivity index (χ1n) is 11.5. The summed E-state index contributed by atoms with van der Waals surface area (Å²) in [6.07, 6.45) is 6.29. The number of likely N-dealkylation sites (tertiary alicyclic amines) is 1. The van der Waals surface area contributed by atoms with Gasteiger partial charge >= 0.3 is 0 Å². The number of fused-ring (bicyclic) bond motifs is 1. The number of imide groups is 1. The zero-order valence-electron chi connectivity index (χ0n) is 18.7. The quantitative estimate of drug-likeness (QED) is 0.681. The number of carbonyl (C=O) groups excluding carboxylic acids is 3. The number of nitrogens with two attached hydrogens (primary N) is 1. The van der Waals surface area contributed by atoms with Crippen LogP contribution < -0.4 is 11.1 Å². The van der Waals surface area contributed by atoms with E-state index in [1.54, 1.807) is 4.90 Å². The molecule has 7 nitrogen and oxygen atoms in total. The van der Waals surface area contributed by atoms with Gasteiger partial charge in [0.05, 0.1) is 0 Å². The average molecular weight is 427 g/mol. The van der Waals surface area contributed by atoms with Gasteiger partial charge in [-0.05, 0) is 63.6 Å². The third-order valence-corrected chi connectivity index (χ3v) is 6.88. The molecule has 3 aliphatic rings. The molecule has 2 unspecified atom stereocenters. The van der Waals surface area contributed by atoms with Crippen molar-refractivity contribution >= 4 is 17.7 Å². The Kier molecular flexibility index (Phi) is 6.17. The molecule has 3 aliphatic heterocycles. The lowest BCUT2D eigenvalue weighted by atomic mass is 9.91. The molecule has 0 spiro atoms. The maximum atomic E-state index is 13.4. The van der Waals surface area contributed by atoms with Gasteiger partial charge in [0.15, 0.2) is 0 Å². The van der Waals surface area contributed by atoms with Gasteiger partial charge in [-0.3, -0.25) is 24.6 Å². The molecule has 2 fully saturated rings. The van der Waals surface area contributed by atoms with Gasteiger partial charge in [0.25, 0.3) is 5.91 Å². The van der Waals surface area contributed by atoms with E-state index in [4.69, 9.17) is 5.73 Å². The molecular formula is C24H34N4O3. The lowest BCUT2D eigenvalue weighted by Crippen LogP contribution is -2.52. The molecule has 0 radical (unpaired) electrons. The maximum Gasteiger partial charge on any atom is 0.255 e. The van der Waals surface area contributed by atoms with Crippen molar-refractivity contribution in [3.05, 3.63) is 34.9 Å². The second-order valence-electron chi connectivity index (χ2n) is 10.00. The minimum absolute atomic E-state index is 0.0863. The molecule has 3 N–H and O–H groups in total. The van der Waals surface area contributed by atoms with Gasteiger partial charge in [-0.1, -0.05) is 24.6 Å². The van der Waals surface area contributed by atoms with Gasteiger partial charge in [0.2, 0.25) is 11.8 Å². The minimum Gasteiger partial charge on any atom is -0.326 e. The number of carbonyl (C=O) groups is 3. The molecule has 4 rings (SSSR count). The Morgan fingerprint density at radius 2 is 1.97 bits per heavy atom. The van der Waals surface area contributed by atoms with Crippen molar-refractivity contribution in [1.82, 2.24) is 15.1 Å². The third-order valence-electron chi connectivity index (χ3n) is 6.88. The molecule has 1 aromatic carbocycles. The Morgan fingerprint density at radius 1 is 1.16 bits per heavy atom. The molecular weight excluding hydrogens is 392 g/mol. The molecule has 31 heavy (non-hydrogen) atoms. The second kappa shape index (κ2) is 8.71. The summed E-state index contributed by atoms with van der Waals surface area (Å²) in [7, 11) is 0. The van der Waals surface area contributed by atoms with Crippen LogP contribution >= 0.6 is 0 Å². The van der Waals surface area contributed by atoms with Crippen molar-refractivity contribution < 1.29 is 14.4 Å². The van der Waals surface area contributed by atoms with E-state index in [-0.39, 0.29) is 29.7 Å². The third kappa shape index (κ3) is 4.83. The van der Waals surface area contributed by atoms with Crippen LogP contribution in [0.5, 0.6) is 0 Å². The largest absolute Gasteiger partial charge is 0.326 e. The molecule has 0 aromatic heterocycles. The number of piperidine rings is 2. The van der Waals surface area contributed by atoms with Gasteiger partial charge in [-0.2, -0.15) is 0 Å². The molecule has 0 bridgehead atoms. The van der Waals surface area contributed by atoms with Crippen molar-refractivity contribution in [3.63, 3.8) is 0 Å². The van der Waals surface area contributed by atoms with Crippen LogP contribution in [-0.2, 0) is 22.7 Å². The van der Waals surface area contributed by atoms with Crippen LogP contribution in [0.1, 0.15) is 80.3 Å². The fourth-order valence-electron chi connectivity index (χ4n) is 5.17. The zero-order valence-corrected chi connectivity index (χ0v) is 18.7. The Bertz CT molecular complexity index is 876. The van der Waals surface area contributed by atoms with Gasteiger partial charge in [0.1, 0.15) is 6.04 Å². The number of hydrogen-bond donors (Lipinski definition) is 2. The predicted octanol–water partition coefficient (Wildman–Crippen LogP) is 2.32. The van der Waals surface area contributed by atoms with E-state index in [2.05, 4.69) is 24.1 Å². The second-order valence-corrected chi connectivity index (χ2v) is 10.00. The molecule has 0 saturated carbocycles. The number of amides is 3. The highest BCUT2D eigenvalue weighted by atomic mass is 16.2. The van der Waals surface area contributed by atoms with Crippen molar-refractivity contribution in [1.29, 1.82) is 0 Å². The van der Waals surface area contributed by atoms with Gasteiger partial charge in [-0.25, -0.2) is 0 Å². The van der Waals surface area contributed by atoms with Gasteiger partial charge in [-0.15, -0.1) is 0 Å². The first-order chi connectivity index (χ1) is 14.7. The van der Waals surface area contributed by atoms with E-state index in [9.17, 15) is 14.4 Å². The summed E-state index contributed by atoms with van der Waals surface area (Å²) in [6.45, 7) is 6.36. The van der Waals surface area contributed by atoms with Crippen LogP contribution in [0.4, 0.5) is 0 Å². The number of hydrogen-bond acceptors (Lipinski definition) is 5. The summed E-state index contributed by atoms with van der Waals surface area (Å²) in [5.74, 6) is -0.709. The van der Waals surface area contributed by atoms with Crippen LogP contribution in [0, 0.1) is 0 Å². The van der Waals surface area contributed by atoms with E-state index in [0.717, 1.165) is 42.6 Å². The predicted molar refractivity (Wildman–Crippen MR) is 118 cm³/mol. The fraction of sp³-hybridized carbons (Fsp3) is 0.625. The van der Waals surface area contributed by atoms with Crippen LogP contribution in [-0.4, -0.2) is 51.7 Å². The zero-order chi connectivity index (χ0) is 22.2. The maximum absolute atomic E-state index is 13.4. The Balaban J connectivity index is 1.51. The topological polar surface area (TPSA) is 95.7 Å². The molecule has 2 atom stereocenters. The smallest absolute Gasteiger partial charge is 0.255 e. The lowest BCUT2D eigenvalue weighted by Gasteiger charge is -2.37. The van der Waals surface area contributed by atoms with E-state index in [1.165, 1.54) is 19.3 Å². The normalized spacial score (nSPS) is 25.0. The summed E-state index contributed by atoms with van der Waals surface area (Å²) >= 11 is 0. The average Bonchev–Trinajstić information content (AvgIpc) is 3.04. The van der Waals surface area contributed by atoms with Crippen LogP contribution in [0.25, 0.3) is 0 Å². The van der Waals surface area contributed by atoms with Gasteiger partial charge < -0.3 is 10.6 Å². The minimum atomic E-state index is -0.569. The number of nitrogens with one attached hydrogen (secondary N) is 1. The SMILES string of the molecule is CC(C)(N)CCC1CCCCN1Cc1cccc2c1C(=O)N(C1CCC(=O)NC1=O)C2. The summed E-state index contributed by atoms with van der Waals surface area (Å²) in [4.78, 5) is 41.3. The number of benzene rings is 1. The molecule has 168 valence electrons. The Labute approximate surface area is 184 Å². The summed E-state index contributed by atoms with van der Waals surface area (Å²) in [5, 5.41) is 2.38. The number of rotatable bonds is 6. The highest BCUT2D eigenvalue weighted by Gasteiger charge is 2.40. The van der Waals surface area contributed by atoms with Crippen molar-refractivity contribution in [3.8, 4) is 0 Å². The summed E-state index contributed by atoms with van der Waals surface area (Å²) in [5.41, 5.74) is 8.82. The van der Waals surface area contributed by atoms with E-state index in [0.29, 0.717) is 19.0 Å². The molecule has 3 heterocycles. The van der Waals surface area contributed by atoms with Crippen molar-refractivity contribution in [2.45, 2.75) is 89.5 Å². The van der Waals surface area contributed by atoms with Crippen LogP contribution in [0.3, 0.4) is 0 Å². The molecule has 7 heteroatoms. The molecule has 2 saturated heterocycles. The number of nitrogens with zero attached hydrogens (tertiary/aromatic N) is 2. The Morgan fingerprint density at radius 3 is 2.71 bits per heavy atom. The van der Waals surface area contributed by atoms with Gasteiger partial charge in [0, 0.05) is 36.7 Å². The molecule has 1 aromatic rings. The van der Waals surface area contributed by atoms with Crippen LogP contribution in [0.2, 0.25) is 0 Å². The fourth-order valence-corrected chi connectivity index (χ4v) is 5.17. The highest BCUT2D eigenvalue weighted by Crippen LogP contribution is 2.32. The molecule has 3 amide bonds. The Hall–Kier alpha value is -2.25. The van der Waals surface area contributed by atoms with E-state index >= 15 is 0 Å². The standard InChI is InChI=1S/C24H34N4O3/c1-24(2,25)12-11-18-8-3-4-13-27(18)14-16-6-5-7-17-15-28(23(31)21(16)17)19-9-10-20(29)26-22(19)30/h5-7,18-19H,3-4,8-15,25H2,1-2H3,(H,26,29,30). The van der Waals surface area contributed by atoms with Crippen LogP contribution in [0.15, 0.2) is 18.2 Å². The monoisotopic (exact) mass is 426 g/mol. The first-order valence-corrected chi connectivity index (χ1v) is 11.5. The highest BCUT2D eigenvalue weighted by molar-refractivity contribution is 6.05. The lowest BCUT2D eigenvalue weighted by molar-refractivity contribution is -0.136. The first kappa shape index (κ1) is 22.0. The van der Waals surface area contributed by atoms with Crippen molar-refractivity contribution in [2.75, 3.05) is 6.54 Å². The molecule has 0 aliphatic carbocycles. The summed E-state index contributed by atoms with van der Waals surface area (Å²) in [6, 6.07) is 5.95. The van der Waals surface area contributed by atoms with E-state index in [1.807, 2.05) is 18.2 Å².